The molecule has 1 aliphatic heterocycles. The van der Waals surface area contributed by atoms with Crippen LogP contribution in [0.25, 0.3) is 10.8 Å². The van der Waals surface area contributed by atoms with Crippen LogP contribution in [0.2, 0.25) is 0 Å². The van der Waals surface area contributed by atoms with Gasteiger partial charge in [0.25, 0.3) is 5.91 Å². The highest BCUT2D eigenvalue weighted by Gasteiger charge is 2.28. The molecular weight excluding hydrogens is 300 g/mol. The first kappa shape index (κ1) is 14.7. The largest absolute Gasteiger partial charge is 0.488 e. The van der Waals surface area contributed by atoms with Crippen molar-refractivity contribution in [3.63, 3.8) is 0 Å². The number of aromatic nitrogens is 1. The number of pyridine rings is 1. The standard InChI is InChI=1S/C20H18N2O2/c23-20(19-7-3-5-15-4-1-2-6-18(15)19)22-13-10-17(14-22)24-16-8-11-21-12-9-16/h1-9,11-12,17H,10,13-14H2/t17-/m0/s1. The van der Waals surface area contributed by atoms with Gasteiger partial charge in [-0.1, -0.05) is 36.4 Å². The summed E-state index contributed by atoms with van der Waals surface area (Å²) in [5.41, 5.74) is 0.762. The SMILES string of the molecule is O=C(c1cccc2ccccc12)N1CC[C@H](Oc2ccncc2)C1. The number of benzene rings is 2. The number of nitrogens with zero attached hydrogens (tertiary/aromatic N) is 2. The van der Waals surface area contributed by atoms with Crippen molar-refractivity contribution in [1.29, 1.82) is 0 Å². The first-order valence-corrected chi connectivity index (χ1v) is 8.15. The van der Waals surface area contributed by atoms with Gasteiger partial charge in [-0.2, -0.15) is 0 Å². The van der Waals surface area contributed by atoms with E-state index in [0.29, 0.717) is 6.54 Å². The van der Waals surface area contributed by atoms with Gasteiger partial charge in [0.15, 0.2) is 0 Å². The molecule has 3 aromatic rings. The molecular formula is C20H18N2O2. The number of ether oxygens (including phenoxy) is 1. The molecule has 0 radical (unpaired) electrons. The zero-order valence-corrected chi connectivity index (χ0v) is 13.3. The van der Waals surface area contributed by atoms with Crippen molar-refractivity contribution in [3.05, 3.63) is 72.6 Å². The van der Waals surface area contributed by atoms with E-state index in [0.717, 1.165) is 35.1 Å². The fraction of sp³-hybridized carbons (Fsp3) is 0.200. The summed E-state index contributed by atoms with van der Waals surface area (Å²) in [6, 6.07) is 17.6. The topological polar surface area (TPSA) is 42.4 Å². The van der Waals surface area contributed by atoms with Crippen LogP contribution in [0.15, 0.2) is 67.0 Å². The predicted octanol–water partition coefficient (Wildman–Crippen LogP) is 3.53. The number of carbonyl (C=O) groups excluding carboxylic acids is 1. The molecule has 0 N–H and O–H groups in total. The highest BCUT2D eigenvalue weighted by molar-refractivity contribution is 6.07. The van der Waals surface area contributed by atoms with Crippen LogP contribution in [0.3, 0.4) is 0 Å². The molecule has 0 unspecified atom stereocenters. The van der Waals surface area contributed by atoms with Crippen molar-refractivity contribution in [2.24, 2.45) is 0 Å². The molecule has 4 heteroatoms. The second-order valence-electron chi connectivity index (χ2n) is 5.99. The van der Waals surface area contributed by atoms with Crippen molar-refractivity contribution >= 4 is 16.7 Å². The third-order valence-corrected chi connectivity index (χ3v) is 4.40. The second kappa shape index (κ2) is 6.32. The maximum atomic E-state index is 12.9. The lowest BCUT2D eigenvalue weighted by atomic mass is 10.0. The van der Waals surface area contributed by atoms with Crippen molar-refractivity contribution in [2.75, 3.05) is 13.1 Å². The highest BCUT2D eigenvalue weighted by Crippen LogP contribution is 2.23. The quantitative estimate of drug-likeness (QED) is 0.742. The third kappa shape index (κ3) is 2.83. The van der Waals surface area contributed by atoms with E-state index < -0.39 is 0 Å². The van der Waals surface area contributed by atoms with Gasteiger partial charge >= 0.3 is 0 Å². The van der Waals surface area contributed by atoms with Crippen LogP contribution in [0.1, 0.15) is 16.8 Å². The normalized spacial score (nSPS) is 17.2. The van der Waals surface area contributed by atoms with Crippen LogP contribution in [-0.2, 0) is 0 Å². The monoisotopic (exact) mass is 318 g/mol. The minimum absolute atomic E-state index is 0.0336. The molecule has 120 valence electrons. The van der Waals surface area contributed by atoms with Gasteiger partial charge in [0.2, 0.25) is 0 Å². The predicted molar refractivity (Wildman–Crippen MR) is 93.1 cm³/mol. The van der Waals surface area contributed by atoms with Crippen molar-refractivity contribution in [1.82, 2.24) is 9.88 Å². The van der Waals surface area contributed by atoms with Gasteiger partial charge < -0.3 is 9.64 Å². The molecule has 24 heavy (non-hydrogen) atoms. The van der Waals surface area contributed by atoms with E-state index in [2.05, 4.69) is 4.98 Å². The maximum Gasteiger partial charge on any atom is 0.254 e. The second-order valence-corrected chi connectivity index (χ2v) is 5.99. The third-order valence-electron chi connectivity index (χ3n) is 4.40. The molecule has 2 heterocycles. The summed E-state index contributed by atoms with van der Waals surface area (Å²) < 4.78 is 5.95. The van der Waals surface area contributed by atoms with E-state index in [1.807, 2.05) is 59.5 Å². The van der Waals surface area contributed by atoms with Gasteiger partial charge in [-0.25, -0.2) is 0 Å². The summed E-state index contributed by atoms with van der Waals surface area (Å²) in [6.45, 7) is 1.34. The first-order valence-electron chi connectivity index (χ1n) is 8.15. The van der Waals surface area contributed by atoms with Gasteiger partial charge in [-0.3, -0.25) is 9.78 Å². The average molecular weight is 318 g/mol. The van der Waals surface area contributed by atoms with Crippen LogP contribution in [0, 0.1) is 0 Å². The van der Waals surface area contributed by atoms with Crippen molar-refractivity contribution in [3.8, 4) is 5.75 Å². The molecule has 0 spiro atoms. The van der Waals surface area contributed by atoms with Crippen LogP contribution in [0.4, 0.5) is 0 Å². The Morgan fingerprint density at radius 1 is 1.04 bits per heavy atom. The fourth-order valence-electron chi connectivity index (χ4n) is 3.20. The zero-order valence-electron chi connectivity index (χ0n) is 13.3. The molecule has 1 aliphatic rings. The smallest absolute Gasteiger partial charge is 0.254 e. The number of amides is 1. The summed E-state index contributed by atoms with van der Waals surface area (Å²) in [4.78, 5) is 18.8. The number of carbonyl (C=O) groups is 1. The average Bonchev–Trinajstić information content (AvgIpc) is 3.10. The number of rotatable bonds is 3. The molecule has 4 rings (SSSR count). The Kier molecular flexibility index (Phi) is 3.87. The number of likely N-dealkylation sites (tertiary alicyclic amines) is 1. The molecule has 2 aromatic carbocycles. The lowest BCUT2D eigenvalue weighted by Crippen LogP contribution is -2.31. The Bertz CT molecular complexity index is 858. The van der Waals surface area contributed by atoms with Gasteiger partial charge in [-0.15, -0.1) is 0 Å². The van der Waals surface area contributed by atoms with Crippen LogP contribution >= 0.6 is 0 Å². The van der Waals surface area contributed by atoms with Crippen LogP contribution < -0.4 is 4.74 Å². The summed E-state index contributed by atoms with van der Waals surface area (Å²) in [6.07, 6.45) is 4.30. The van der Waals surface area contributed by atoms with E-state index in [4.69, 9.17) is 4.74 Å². The van der Waals surface area contributed by atoms with Gasteiger partial charge in [0.1, 0.15) is 11.9 Å². The van der Waals surface area contributed by atoms with E-state index in [9.17, 15) is 4.79 Å². The highest BCUT2D eigenvalue weighted by atomic mass is 16.5. The Labute approximate surface area is 140 Å². The Morgan fingerprint density at radius 2 is 1.83 bits per heavy atom. The molecule has 0 saturated carbocycles. The van der Waals surface area contributed by atoms with Crippen molar-refractivity contribution in [2.45, 2.75) is 12.5 Å². The zero-order chi connectivity index (χ0) is 16.4. The van der Waals surface area contributed by atoms with Crippen LogP contribution in [0.5, 0.6) is 5.75 Å². The van der Waals surface area contributed by atoms with E-state index in [1.165, 1.54) is 0 Å². The van der Waals surface area contributed by atoms with E-state index in [-0.39, 0.29) is 12.0 Å². The van der Waals surface area contributed by atoms with Crippen molar-refractivity contribution < 1.29 is 9.53 Å². The lowest BCUT2D eigenvalue weighted by Gasteiger charge is -2.18. The lowest BCUT2D eigenvalue weighted by molar-refractivity contribution is 0.0774. The minimum atomic E-state index is 0.0336. The molecule has 0 aliphatic carbocycles. The Hall–Kier alpha value is -2.88. The molecule has 1 aromatic heterocycles. The summed E-state index contributed by atoms with van der Waals surface area (Å²) in [5.74, 6) is 0.877. The van der Waals surface area contributed by atoms with E-state index >= 15 is 0 Å². The molecule has 1 saturated heterocycles. The molecule has 4 nitrogen and oxygen atoms in total. The number of hydrogen-bond donors (Lipinski definition) is 0. The number of hydrogen-bond acceptors (Lipinski definition) is 3. The van der Waals surface area contributed by atoms with E-state index in [1.54, 1.807) is 12.4 Å². The summed E-state index contributed by atoms with van der Waals surface area (Å²) in [5, 5.41) is 2.09. The summed E-state index contributed by atoms with van der Waals surface area (Å²) >= 11 is 0. The molecule has 1 fully saturated rings. The maximum absolute atomic E-state index is 12.9. The Morgan fingerprint density at radius 3 is 2.71 bits per heavy atom. The summed E-state index contributed by atoms with van der Waals surface area (Å²) in [7, 11) is 0. The van der Waals surface area contributed by atoms with Crippen LogP contribution in [-0.4, -0.2) is 35.0 Å². The molecule has 0 bridgehead atoms. The minimum Gasteiger partial charge on any atom is -0.488 e. The van der Waals surface area contributed by atoms with Gasteiger partial charge in [0.05, 0.1) is 6.54 Å². The Balaban J connectivity index is 1.51. The fourth-order valence-corrected chi connectivity index (χ4v) is 3.20. The number of fused-ring (bicyclic) bond motifs is 1. The van der Waals surface area contributed by atoms with Gasteiger partial charge in [0, 0.05) is 30.9 Å². The molecule has 1 amide bonds. The van der Waals surface area contributed by atoms with Gasteiger partial charge in [-0.05, 0) is 29.0 Å². The molecule has 1 atom stereocenters. The first-order chi connectivity index (χ1) is 11.8.